The lowest BCUT2D eigenvalue weighted by molar-refractivity contribution is 0.656. The zero-order valence-corrected chi connectivity index (χ0v) is 27.3. The van der Waals surface area contributed by atoms with Gasteiger partial charge in [0.2, 0.25) is 0 Å². The highest BCUT2D eigenvalue weighted by Gasteiger charge is 2.23. The first-order valence-corrected chi connectivity index (χ1v) is 17.5. The summed E-state index contributed by atoms with van der Waals surface area (Å²) in [6, 6.07) is 42.0. The molecule has 230 valence electrons. The van der Waals surface area contributed by atoms with E-state index in [0.717, 1.165) is 47.1 Å². The third-order valence-corrected chi connectivity index (χ3v) is 11.6. The Morgan fingerprint density at radius 1 is 0.673 bits per heavy atom. The van der Waals surface area contributed by atoms with E-state index in [0.29, 0.717) is 5.56 Å². The Morgan fingerprint density at radius 2 is 1.43 bits per heavy atom. The normalized spacial score (nSPS) is 15.8. The van der Waals surface area contributed by atoms with Gasteiger partial charge >= 0.3 is 0 Å². The summed E-state index contributed by atoms with van der Waals surface area (Å²) in [4.78, 5) is 0. The van der Waals surface area contributed by atoms with Gasteiger partial charge in [0.25, 0.3) is 0 Å². The summed E-state index contributed by atoms with van der Waals surface area (Å²) in [5.41, 5.74) is 10.9. The van der Waals surface area contributed by atoms with Crippen LogP contribution in [0.3, 0.4) is 0 Å². The Morgan fingerprint density at radius 3 is 2.20 bits per heavy atom. The van der Waals surface area contributed by atoms with E-state index in [1.165, 1.54) is 58.7 Å². The molecule has 10 rings (SSSR count). The summed E-state index contributed by atoms with van der Waals surface area (Å²) in [5, 5.41) is 25.7. The number of hydrogen-bond acceptors (Lipinski definition) is 3. The Kier molecular flexibility index (Phi) is 6.09. The largest absolute Gasteiger partial charge is 0.333 e. The van der Waals surface area contributed by atoms with Crippen LogP contribution in [0.2, 0.25) is 0 Å². The van der Waals surface area contributed by atoms with Gasteiger partial charge in [-0.25, -0.2) is 0 Å². The molecule has 0 N–H and O–H groups in total. The van der Waals surface area contributed by atoms with Crippen molar-refractivity contribution in [3.63, 3.8) is 0 Å². The molecular formula is C44H28N4S. The van der Waals surface area contributed by atoms with Gasteiger partial charge in [-0.3, -0.25) is 0 Å². The van der Waals surface area contributed by atoms with Crippen LogP contribution in [-0.4, -0.2) is 9.13 Å². The Hall–Kier alpha value is -6.14. The van der Waals surface area contributed by atoms with Gasteiger partial charge < -0.3 is 9.13 Å². The number of allylic oxidation sites excluding steroid dienone is 5. The Labute approximate surface area is 287 Å². The Balaban J connectivity index is 1.09. The number of nitrogens with zero attached hydrogens (tertiary/aromatic N) is 4. The molecule has 0 bridgehead atoms. The molecule has 0 amide bonds. The molecule has 0 saturated heterocycles. The van der Waals surface area contributed by atoms with Crippen LogP contribution >= 0.6 is 11.3 Å². The number of fused-ring (bicyclic) bond motifs is 9. The second kappa shape index (κ2) is 10.7. The molecule has 0 aliphatic heterocycles. The lowest BCUT2D eigenvalue weighted by atomic mass is 9.93. The molecule has 1 unspecified atom stereocenters. The van der Waals surface area contributed by atoms with Gasteiger partial charge in [-0.1, -0.05) is 66.8 Å². The number of thiophene rings is 1. The van der Waals surface area contributed by atoms with Gasteiger partial charge in [-0.2, -0.15) is 10.5 Å². The van der Waals surface area contributed by atoms with E-state index in [9.17, 15) is 10.5 Å². The molecule has 0 saturated carbocycles. The molecule has 0 radical (unpaired) electrons. The molecule has 4 nitrogen and oxygen atoms in total. The summed E-state index contributed by atoms with van der Waals surface area (Å²) in [7, 11) is 0. The fourth-order valence-corrected chi connectivity index (χ4v) is 9.26. The zero-order valence-electron chi connectivity index (χ0n) is 26.5. The van der Waals surface area contributed by atoms with E-state index in [-0.39, 0.29) is 6.04 Å². The van der Waals surface area contributed by atoms with Crippen molar-refractivity contribution < 1.29 is 0 Å². The van der Waals surface area contributed by atoms with Crippen LogP contribution in [0, 0.1) is 22.7 Å². The van der Waals surface area contributed by atoms with Crippen molar-refractivity contribution in [2.45, 2.75) is 25.3 Å². The molecule has 5 aromatic carbocycles. The molecule has 2 aliphatic carbocycles. The third-order valence-electron chi connectivity index (χ3n) is 10.4. The van der Waals surface area contributed by atoms with Crippen LogP contribution in [0.1, 0.15) is 41.3 Å². The first-order chi connectivity index (χ1) is 24.2. The van der Waals surface area contributed by atoms with Crippen molar-refractivity contribution in [1.82, 2.24) is 9.13 Å². The number of para-hydroxylation sites is 2. The maximum atomic E-state index is 9.78. The van der Waals surface area contributed by atoms with Crippen LogP contribution in [0.15, 0.2) is 127 Å². The van der Waals surface area contributed by atoms with Gasteiger partial charge in [0, 0.05) is 58.6 Å². The predicted octanol–water partition coefficient (Wildman–Crippen LogP) is 11.4. The summed E-state index contributed by atoms with van der Waals surface area (Å²) < 4.78 is 7.26. The molecule has 1 atom stereocenters. The number of hydrogen-bond donors (Lipinski definition) is 0. The quantitative estimate of drug-likeness (QED) is 0.192. The number of benzene rings is 5. The number of nitriles is 2. The second-order valence-electron chi connectivity index (χ2n) is 13.1. The van der Waals surface area contributed by atoms with Crippen LogP contribution in [0.5, 0.6) is 0 Å². The van der Waals surface area contributed by atoms with Gasteiger partial charge in [0.15, 0.2) is 0 Å². The molecule has 49 heavy (non-hydrogen) atoms. The van der Waals surface area contributed by atoms with Crippen molar-refractivity contribution >= 4 is 75.9 Å². The predicted molar refractivity (Wildman–Crippen MR) is 203 cm³/mol. The second-order valence-corrected chi connectivity index (χ2v) is 14.2. The highest BCUT2D eigenvalue weighted by molar-refractivity contribution is 7.25. The zero-order chi connectivity index (χ0) is 32.6. The maximum Gasteiger partial charge on any atom is 0.0992 e. The summed E-state index contributed by atoms with van der Waals surface area (Å²) in [5.74, 6) is 0. The van der Waals surface area contributed by atoms with E-state index in [1.54, 1.807) is 0 Å². The highest BCUT2D eigenvalue weighted by Crippen LogP contribution is 2.42. The lowest BCUT2D eigenvalue weighted by Crippen LogP contribution is -2.09. The van der Waals surface area contributed by atoms with E-state index in [4.69, 9.17) is 0 Å². The average Bonchev–Trinajstić information content (AvgIpc) is 3.81. The first-order valence-electron chi connectivity index (χ1n) is 16.7. The fourth-order valence-electron chi connectivity index (χ4n) is 8.19. The number of aryl methyl sites for hydroxylation is 1. The summed E-state index contributed by atoms with van der Waals surface area (Å²) in [6.45, 7) is 0. The molecule has 2 aliphatic rings. The van der Waals surface area contributed by atoms with Gasteiger partial charge in [-0.15, -0.1) is 11.3 Å². The molecule has 8 aromatic rings. The van der Waals surface area contributed by atoms with Crippen molar-refractivity contribution in [1.29, 1.82) is 10.5 Å². The van der Waals surface area contributed by atoms with Crippen molar-refractivity contribution in [2.24, 2.45) is 0 Å². The number of aromatic nitrogens is 2. The minimum atomic E-state index is 0.212. The molecule has 3 aromatic heterocycles. The van der Waals surface area contributed by atoms with Gasteiger partial charge in [-0.05, 0) is 96.6 Å². The highest BCUT2D eigenvalue weighted by atomic mass is 32.1. The van der Waals surface area contributed by atoms with Gasteiger partial charge in [0.05, 0.1) is 35.0 Å². The molecule has 3 heterocycles. The van der Waals surface area contributed by atoms with E-state index in [1.807, 2.05) is 29.5 Å². The van der Waals surface area contributed by atoms with E-state index < -0.39 is 0 Å². The monoisotopic (exact) mass is 644 g/mol. The molecular weight excluding hydrogens is 617 g/mol. The smallest absolute Gasteiger partial charge is 0.0992 e. The lowest BCUT2D eigenvalue weighted by Gasteiger charge is -2.23. The van der Waals surface area contributed by atoms with Crippen molar-refractivity contribution in [3.8, 4) is 17.8 Å². The van der Waals surface area contributed by atoms with Gasteiger partial charge in [0.1, 0.15) is 0 Å². The first kappa shape index (κ1) is 27.9. The average molecular weight is 645 g/mol. The number of rotatable bonds is 3. The van der Waals surface area contributed by atoms with E-state index >= 15 is 0 Å². The SMILES string of the molecule is N#CC1=Cc2c(c3ccc(C#N)cc3n2-c2ccc3sc4ccc(C5=CC=CC(n6c7ccccc7c7ccccc76)C5)cc4c3c2)CC1. The van der Waals surface area contributed by atoms with Crippen LogP contribution < -0.4 is 0 Å². The van der Waals surface area contributed by atoms with Crippen LogP contribution in [-0.2, 0) is 6.42 Å². The van der Waals surface area contributed by atoms with Crippen molar-refractivity contribution in [3.05, 3.63) is 149 Å². The van der Waals surface area contributed by atoms with Crippen LogP contribution in [0.4, 0.5) is 0 Å². The summed E-state index contributed by atoms with van der Waals surface area (Å²) >= 11 is 1.82. The minimum Gasteiger partial charge on any atom is -0.333 e. The molecule has 5 heteroatoms. The molecule has 0 spiro atoms. The Bertz CT molecular complexity index is 2840. The fraction of sp³-hybridized carbons (Fsp3) is 0.0909. The van der Waals surface area contributed by atoms with E-state index in [2.05, 4.69) is 130 Å². The molecule has 0 fully saturated rings. The minimum absolute atomic E-state index is 0.212. The summed E-state index contributed by atoms with van der Waals surface area (Å²) in [6.07, 6.45) is 11.3. The topological polar surface area (TPSA) is 57.4 Å². The third kappa shape index (κ3) is 4.20. The maximum absolute atomic E-state index is 9.78. The van der Waals surface area contributed by atoms with Crippen LogP contribution in [0.25, 0.3) is 70.2 Å². The standard InChI is InChI=1S/C44H28N4S/c45-25-27-12-16-35-36-17-13-28(26-46)21-42(36)48(41(35)20-27)32-15-19-44-38(24-32)37-23-30(14-18-43(37)49-44)29-6-5-7-31(22-29)47-39-10-3-1-8-33(39)34-9-2-4-11-40(34)47/h1-12,14-16,18-21,23-24,31H,13,17,22H2. The van der Waals surface area contributed by atoms with Crippen molar-refractivity contribution in [2.75, 3.05) is 0 Å².